The fraction of sp³-hybridized carbons (Fsp3) is 0.886. The summed E-state index contributed by atoms with van der Waals surface area (Å²) in [7, 11) is 0. The predicted octanol–water partition coefficient (Wildman–Crippen LogP) is 8.72. The van der Waals surface area contributed by atoms with Crippen LogP contribution in [0.3, 0.4) is 0 Å². The van der Waals surface area contributed by atoms with Crippen molar-refractivity contribution in [2.75, 3.05) is 13.2 Å². The van der Waals surface area contributed by atoms with Gasteiger partial charge in [0.2, 0.25) is 5.91 Å². The molecule has 1 aliphatic rings. The van der Waals surface area contributed by atoms with Crippen LogP contribution in [0.1, 0.15) is 194 Å². The Bertz CT molecular complexity index is 883. The first-order valence-corrected chi connectivity index (χ1v) is 22.1. The Morgan fingerprint density at radius 2 is 1.06 bits per heavy atom. The minimum absolute atomic E-state index is 0.182. The molecular weight excluding hydrogens is 670 g/mol. The van der Waals surface area contributed by atoms with Crippen LogP contribution in [-0.2, 0) is 14.3 Å². The highest BCUT2D eigenvalue weighted by Crippen LogP contribution is 2.22. The van der Waals surface area contributed by atoms with Crippen molar-refractivity contribution >= 4 is 5.91 Å². The fourth-order valence-electron chi connectivity index (χ4n) is 6.91. The van der Waals surface area contributed by atoms with Crippen molar-refractivity contribution < 1.29 is 39.8 Å². The lowest BCUT2D eigenvalue weighted by molar-refractivity contribution is -0.302. The van der Waals surface area contributed by atoms with Gasteiger partial charge in [0.05, 0.1) is 25.4 Å². The number of carbonyl (C=O) groups is 1. The maximum Gasteiger partial charge on any atom is 0.220 e. The van der Waals surface area contributed by atoms with Crippen LogP contribution in [0.4, 0.5) is 0 Å². The zero-order valence-electron chi connectivity index (χ0n) is 34.0. The summed E-state index contributed by atoms with van der Waals surface area (Å²) in [5.41, 5.74) is 0. The molecular formula is C44H83NO8. The van der Waals surface area contributed by atoms with Gasteiger partial charge in [-0.3, -0.25) is 4.79 Å². The molecule has 1 saturated heterocycles. The highest BCUT2D eigenvalue weighted by molar-refractivity contribution is 5.76. The van der Waals surface area contributed by atoms with E-state index >= 15 is 0 Å². The molecule has 2 unspecified atom stereocenters. The summed E-state index contributed by atoms with van der Waals surface area (Å²) in [5.74, 6) is -0.182. The van der Waals surface area contributed by atoms with Crippen molar-refractivity contribution in [2.24, 2.45) is 0 Å². The molecule has 1 amide bonds. The lowest BCUT2D eigenvalue weighted by Gasteiger charge is -2.40. The van der Waals surface area contributed by atoms with Gasteiger partial charge in [0.25, 0.3) is 0 Å². The summed E-state index contributed by atoms with van der Waals surface area (Å²) in [6, 6.07) is -0.803. The maximum absolute atomic E-state index is 12.9. The molecule has 0 aliphatic carbocycles. The third-order valence-corrected chi connectivity index (χ3v) is 10.5. The van der Waals surface area contributed by atoms with Crippen LogP contribution in [0, 0.1) is 0 Å². The van der Waals surface area contributed by atoms with Crippen LogP contribution >= 0.6 is 0 Å². The summed E-state index contributed by atoms with van der Waals surface area (Å²) in [6.45, 7) is 3.75. The molecule has 1 fully saturated rings. The first-order valence-electron chi connectivity index (χ1n) is 22.1. The van der Waals surface area contributed by atoms with Crippen molar-refractivity contribution in [1.29, 1.82) is 0 Å². The minimum Gasteiger partial charge on any atom is -0.394 e. The molecule has 9 nitrogen and oxygen atoms in total. The van der Waals surface area contributed by atoms with Gasteiger partial charge >= 0.3 is 0 Å². The molecule has 1 heterocycles. The number of carbonyl (C=O) groups excluding carboxylic acids is 1. The minimum atomic E-state index is -1.56. The van der Waals surface area contributed by atoms with Crippen LogP contribution in [0.25, 0.3) is 0 Å². The lowest BCUT2D eigenvalue weighted by Crippen LogP contribution is -2.60. The van der Waals surface area contributed by atoms with Crippen molar-refractivity contribution in [1.82, 2.24) is 5.32 Å². The van der Waals surface area contributed by atoms with Crippen molar-refractivity contribution in [3.8, 4) is 0 Å². The molecule has 0 bridgehead atoms. The van der Waals surface area contributed by atoms with E-state index in [1.165, 1.54) is 128 Å². The summed E-state index contributed by atoms with van der Waals surface area (Å²) in [6.07, 6.45) is 33.6. The van der Waals surface area contributed by atoms with E-state index in [1.807, 2.05) is 6.08 Å². The molecule has 0 radical (unpaired) electrons. The van der Waals surface area contributed by atoms with Crippen LogP contribution < -0.4 is 5.32 Å². The predicted molar refractivity (Wildman–Crippen MR) is 217 cm³/mol. The van der Waals surface area contributed by atoms with Gasteiger partial charge in [-0.05, 0) is 44.9 Å². The van der Waals surface area contributed by atoms with Crippen LogP contribution in [0.2, 0.25) is 0 Å². The smallest absolute Gasteiger partial charge is 0.220 e. The molecule has 1 aliphatic heterocycles. The number of unbranched alkanes of at least 4 members (excludes halogenated alkanes) is 24. The number of amides is 1. The Hall–Kier alpha value is -1.33. The third-order valence-electron chi connectivity index (χ3n) is 10.5. The second kappa shape index (κ2) is 35.1. The van der Waals surface area contributed by atoms with Crippen LogP contribution in [-0.4, -0.2) is 87.5 Å². The standard InChI is InChI=1S/C44H83NO8/c1-3-5-7-9-11-13-15-17-18-19-20-22-24-26-28-30-32-34-40(48)45-37(36-52-44-43(51)42(50)41(49)39(35-46)53-44)38(47)33-31-29-27-25-23-21-16-14-12-10-8-6-4-2/h17-18,31,33,37-39,41-44,46-47,49-51H,3-16,19-30,32,34-36H2,1-2H3,(H,45,48)/b18-17+,33-31+/t37-,38+,39-,41-,42?,43?,44-/m0/s1. The highest BCUT2D eigenvalue weighted by atomic mass is 16.7. The maximum atomic E-state index is 12.9. The van der Waals surface area contributed by atoms with Gasteiger partial charge < -0.3 is 40.3 Å². The second-order valence-electron chi connectivity index (χ2n) is 15.5. The number of ether oxygens (including phenoxy) is 2. The van der Waals surface area contributed by atoms with E-state index in [2.05, 4.69) is 31.3 Å². The number of aliphatic hydroxyl groups is 5. The molecule has 0 aromatic carbocycles. The molecule has 53 heavy (non-hydrogen) atoms. The summed E-state index contributed by atoms with van der Waals surface area (Å²) < 4.78 is 11.2. The molecule has 312 valence electrons. The molecule has 0 spiro atoms. The van der Waals surface area contributed by atoms with Crippen molar-refractivity contribution in [3.63, 3.8) is 0 Å². The number of nitrogens with one attached hydrogen (secondary N) is 1. The van der Waals surface area contributed by atoms with Crippen molar-refractivity contribution in [3.05, 3.63) is 24.3 Å². The molecule has 0 aromatic rings. The molecule has 0 saturated carbocycles. The number of aliphatic hydroxyl groups excluding tert-OH is 5. The quantitative estimate of drug-likeness (QED) is 0.0275. The van der Waals surface area contributed by atoms with E-state index in [0.717, 1.165) is 44.9 Å². The third kappa shape index (κ3) is 26.2. The van der Waals surface area contributed by atoms with E-state index < -0.39 is 49.5 Å². The van der Waals surface area contributed by atoms with Gasteiger partial charge in [-0.1, -0.05) is 167 Å². The largest absolute Gasteiger partial charge is 0.394 e. The summed E-state index contributed by atoms with van der Waals surface area (Å²) >= 11 is 0. The van der Waals surface area contributed by atoms with Gasteiger partial charge in [0.1, 0.15) is 24.4 Å². The lowest BCUT2D eigenvalue weighted by atomic mass is 9.99. The average molecular weight is 754 g/mol. The normalized spacial score (nSPS) is 21.8. The Balaban J connectivity index is 2.38. The van der Waals surface area contributed by atoms with Gasteiger partial charge in [0.15, 0.2) is 6.29 Å². The van der Waals surface area contributed by atoms with Crippen molar-refractivity contribution in [2.45, 2.75) is 236 Å². The van der Waals surface area contributed by atoms with E-state index in [1.54, 1.807) is 6.08 Å². The van der Waals surface area contributed by atoms with Gasteiger partial charge in [-0.2, -0.15) is 0 Å². The number of rotatable bonds is 36. The van der Waals surface area contributed by atoms with E-state index in [-0.39, 0.29) is 12.5 Å². The monoisotopic (exact) mass is 754 g/mol. The fourth-order valence-corrected chi connectivity index (χ4v) is 6.91. The van der Waals surface area contributed by atoms with E-state index in [0.29, 0.717) is 6.42 Å². The molecule has 1 rings (SSSR count). The molecule has 6 N–H and O–H groups in total. The zero-order valence-corrected chi connectivity index (χ0v) is 34.0. The Morgan fingerprint density at radius 1 is 0.623 bits per heavy atom. The SMILES string of the molecule is CCCCCCCC/C=C/CCCCCCCCCC(=O)N[C@@H](CO[C@H]1O[C@@H](CO)[C@H](O)C(O)C1O)[C@H](O)/C=C/CCCCCCCCCCCCC. The second-order valence-corrected chi connectivity index (χ2v) is 15.5. The van der Waals surface area contributed by atoms with E-state index in [9.17, 15) is 30.3 Å². The zero-order chi connectivity index (χ0) is 38.8. The first-order chi connectivity index (χ1) is 25.8. The number of hydrogen-bond donors (Lipinski definition) is 6. The number of allylic oxidation sites excluding steroid dienone is 3. The Morgan fingerprint density at radius 3 is 1.53 bits per heavy atom. The molecule has 0 aromatic heterocycles. The Kier molecular flexibility index (Phi) is 32.9. The van der Waals surface area contributed by atoms with Crippen LogP contribution in [0.5, 0.6) is 0 Å². The van der Waals surface area contributed by atoms with Gasteiger partial charge in [0, 0.05) is 6.42 Å². The summed E-state index contributed by atoms with van der Waals surface area (Å²) in [4.78, 5) is 12.9. The molecule has 9 heteroatoms. The highest BCUT2D eigenvalue weighted by Gasteiger charge is 2.44. The first kappa shape index (κ1) is 49.7. The molecule has 7 atom stereocenters. The number of hydrogen-bond acceptors (Lipinski definition) is 8. The van der Waals surface area contributed by atoms with Crippen LogP contribution in [0.15, 0.2) is 24.3 Å². The van der Waals surface area contributed by atoms with Gasteiger partial charge in [-0.15, -0.1) is 0 Å². The Labute approximate surface area is 324 Å². The average Bonchev–Trinajstić information content (AvgIpc) is 3.16. The topological polar surface area (TPSA) is 149 Å². The summed E-state index contributed by atoms with van der Waals surface area (Å²) in [5, 5.41) is 54.1. The van der Waals surface area contributed by atoms with E-state index in [4.69, 9.17) is 9.47 Å². The van der Waals surface area contributed by atoms with Gasteiger partial charge in [-0.25, -0.2) is 0 Å².